The Morgan fingerprint density at radius 2 is 1.94 bits per heavy atom. The lowest BCUT2D eigenvalue weighted by atomic mass is 10.1. The van der Waals surface area contributed by atoms with Crippen LogP contribution >= 0.6 is 11.6 Å². The van der Waals surface area contributed by atoms with Crippen molar-refractivity contribution < 1.29 is 4.39 Å². The molecule has 16 heavy (non-hydrogen) atoms. The van der Waals surface area contributed by atoms with Crippen molar-refractivity contribution in [2.45, 2.75) is 32.7 Å². The molecular formula is C12H18ClFN2. The van der Waals surface area contributed by atoms with E-state index in [4.69, 9.17) is 17.3 Å². The summed E-state index contributed by atoms with van der Waals surface area (Å²) in [5.41, 5.74) is 7.06. The molecule has 0 saturated heterocycles. The minimum absolute atomic E-state index is 0.0687. The van der Waals surface area contributed by atoms with Crippen LogP contribution in [0, 0.1) is 5.82 Å². The van der Waals surface area contributed by atoms with Gasteiger partial charge in [0.1, 0.15) is 5.82 Å². The van der Waals surface area contributed by atoms with Gasteiger partial charge in [-0.3, -0.25) is 0 Å². The maximum absolute atomic E-state index is 13.4. The summed E-state index contributed by atoms with van der Waals surface area (Å²) >= 11 is 5.66. The fraction of sp³-hybridized carbons (Fsp3) is 0.500. The second kappa shape index (κ2) is 5.39. The molecule has 0 unspecified atom stereocenters. The Labute approximate surface area is 101 Å². The molecule has 2 N–H and O–H groups in total. The van der Waals surface area contributed by atoms with E-state index in [-0.39, 0.29) is 5.02 Å². The van der Waals surface area contributed by atoms with E-state index in [0.717, 1.165) is 12.8 Å². The van der Waals surface area contributed by atoms with Gasteiger partial charge < -0.3 is 10.6 Å². The molecule has 4 heteroatoms. The largest absolute Gasteiger partial charge is 0.397 e. The van der Waals surface area contributed by atoms with Crippen LogP contribution in [0.3, 0.4) is 0 Å². The molecule has 0 aliphatic rings. The quantitative estimate of drug-likeness (QED) is 0.819. The molecule has 1 aromatic rings. The van der Waals surface area contributed by atoms with Gasteiger partial charge in [-0.15, -0.1) is 0 Å². The third kappa shape index (κ3) is 2.59. The van der Waals surface area contributed by atoms with Crippen LogP contribution in [0.2, 0.25) is 5.02 Å². The standard InChI is InChI=1S/C12H18ClFN2/c1-4-8(5-2)16(3)12-7-10(14)9(13)6-11(12)15/h6-8H,4-5,15H2,1-3H3. The Bertz CT molecular complexity index is 364. The van der Waals surface area contributed by atoms with Crippen LogP contribution in [0.4, 0.5) is 15.8 Å². The normalized spacial score (nSPS) is 10.9. The molecule has 0 heterocycles. The molecule has 0 aliphatic heterocycles. The molecule has 1 rings (SSSR count). The van der Waals surface area contributed by atoms with E-state index in [1.165, 1.54) is 12.1 Å². The van der Waals surface area contributed by atoms with Crippen LogP contribution in [-0.4, -0.2) is 13.1 Å². The highest BCUT2D eigenvalue weighted by Gasteiger charge is 2.15. The summed E-state index contributed by atoms with van der Waals surface area (Å²) < 4.78 is 13.4. The fourth-order valence-corrected chi connectivity index (χ4v) is 2.06. The number of nitrogens with two attached hydrogens (primary N) is 1. The summed E-state index contributed by atoms with van der Waals surface area (Å²) in [5.74, 6) is -0.427. The third-order valence-corrected chi connectivity index (χ3v) is 3.23. The predicted octanol–water partition coefficient (Wildman–Crippen LogP) is 3.69. The highest BCUT2D eigenvalue weighted by atomic mass is 35.5. The Morgan fingerprint density at radius 3 is 2.44 bits per heavy atom. The van der Waals surface area contributed by atoms with Gasteiger partial charge >= 0.3 is 0 Å². The zero-order valence-electron chi connectivity index (χ0n) is 9.93. The summed E-state index contributed by atoms with van der Waals surface area (Å²) in [6.07, 6.45) is 1.99. The first-order chi connectivity index (χ1) is 7.51. The third-order valence-electron chi connectivity index (χ3n) is 2.94. The molecule has 0 fully saturated rings. The zero-order valence-corrected chi connectivity index (χ0v) is 10.7. The van der Waals surface area contributed by atoms with Crippen molar-refractivity contribution in [1.82, 2.24) is 0 Å². The van der Waals surface area contributed by atoms with Gasteiger partial charge in [-0.2, -0.15) is 0 Å². The number of nitrogens with zero attached hydrogens (tertiary/aromatic N) is 1. The average Bonchev–Trinajstić information content (AvgIpc) is 2.25. The molecule has 0 spiro atoms. The number of nitrogen functional groups attached to an aromatic ring is 1. The van der Waals surface area contributed by atoms with E-state index in [9.17, 15) is 4.39 Å². The SMILES string of the molecule is CCC(CC)N(C)c1cc(F)c(Cl)cc1N. The monoisotopic (exact) mass is 244 g/mol. The van der Waals surface area contributed by atoms with Crippen molar-refractivity contribution in [3.63, 3.8) is 0 Å². The molecule has 0 bridgehead atoms. The van der Waals surface area contributed by atoms with Crippen molar-refractivity contribution in [2.24, 2.45) is 0 Å². The number of hydrogen-bond donors (Lipinski definition) is 1. The van der Waals surface area contributed by atoms with Gasteiger partial charge in [-0.05, 0) is 18.9 Å². The number of halogens is 2. The first-order valence-electron chi connectivity index (χ1n) is 5.48. The topological polar surface area (TPSA) is 29.3 Å². The van der Waals surface area contributed by atoms with Crippen molar-refractivity contribution in [3.05, 3.63) is 23.0 Å². The second-order valence-corrected chi connectivity index (χ2v) is 4.31. The lowest BCUT2D eigenvalue weighted by Crippen LogP contribution is -2.31. The summed E-state index contributed by atoms with van der Waals surface area (Å²) in [7, 11) is 1.93. The maximum atomic E-state index is 13.4. The Kier molecular flexibility index (Phi) is 4.42. The van der Waals surface area contributed by atoms with Gasteiger partial charge in [0.15, 0.2) is 0 Å². The van der Waals surface area contributed by atoms with E-state index in [0.29, 0.717) is 17.4 Å². The maximum Gasteiger partial charge on any atom is 0.144 e. The molecule has 0 aromatic heterocycles. The smallest absolute Gasteiger partial charge is 0.144 e. The fourth-order valence-electron chi connectivity index (χ4n) is 1.89. The number of benzene rings is 1. The molecule has 0 aliphatic carbocycles. The Hall–Kier alpha value is -0.960. The molecule has 90 valence electrons. The van der Waals surface area contributed by atoms with Crippen molar-refractivity contribution in [3.8, 4) is 0 Å². The summed E-state index contributed by atoms with van der Waals surface area (Å²) in [6, 6.07) is 3.23. The number of anilines is 2. The second-order valence-electron chi connectivity index (χ2n) is 3.91. The van der Waals surface area contributed by atoms with Gasteiger partial charge in [-0.25, -0.2) is 4.39 Å². The lowest BCUT2D eigenvalue weighted by molar-refractivity contribution is 0.587. The molecular weight excluding hydrogens is 227 g/mol. The van der Waals surface area contributed by atoms with Gasteiger partial charge in [-0.1, -0.05) is 25.4 Å². The van der Waals surface area contributed by atoms with Gasteiger partial charge in [0.05, 0.1) is 16.4 Å². The average molecular weight is 245 g/mol. The van der Waals surface area contributed by atoms with Crippen LogP contribution in [0.25, 0.3) is 0 Å². The molecule has 1 aromatic carbocycles. The molecule has 0 radical (unpaired) electrons. The molecule has 0 atom stereocenters. The minimum Gasteiger partial charge on any atom is -0.397 e. The minimum atomic E-state index is -0.427. The van der Waals surface area contributed by atoms with Crippen LogP contribution < -0.4 is 10.6 Å². The van der Waals surface area contributed by atoms with Crippen molar-refractivity contribution >= 4 is 23.0 Å². The Balaban J connectivity index is 3.07. The first-order valence-corrected chi connectivity index (χ1v) is 5.86. The van der Waals surface area contributed by atoms with Crippen LogP contribution in [0.15, 0.2) is 12.1 Å². The zero-order chi connectivity index (χ0) is 12.3. The van der Waals surface area contributed by atoms with E-state index < -0.39 is 5.82 Å². The summed E-state index contributed by atoms with van der Waals surface area (Å²) in [5, 5.41) is 0.0687. The number of rotatable bonds is 4. The van der Waals surface area contributed by atoms with Crippen molar-refractivity contribution in [1.29, 1.82) is 0 Å². The first kappa shape index (κ1) is 13.1. The van der Waals surface area contributed by atoms with Crippen LogP contribution in [0.1, 0.15) is 26.7 Å². The summed E-state index contributed by atoms with van der Waals surface area (Å²) in [4.78, 5) is 2.01. The van der Waals surface area contributed by atoms with Crippen LogP contribution in [-0.2, 0) is 0 Å². The summed E-state index contributed by atoms with van der Waals surface area (Å²) in [6.45, 7) is 4.21. The molecule has 2 nitrogen and oxygen atoms in total. The van der Waals surface area contributed by atoms with Gasteiger partial charge in [0, 0.05) is 19.2 Å². The highest BCUT2D eigenvalue weighted by molar-refractivity contribution is 6.31. The van der Waals surface area contributed by atoms with E-state index >= 15 is 0 Å². The van der Waals surface area contributed by atoms with Gasteiger partial charge in [0.25, 0.3) is 0 Å². The van der Waals surface area contributed by atoms with Crippen molar-refractivity contribution in [2.75, 3.05) is 17.7 Å². The highest BCUT2D eigenvalue weighted by Crippen LogP contribution is 2.30. The predicted molar refractivity (Wildman–Crippen MR) is 68.6 cm³/mol. The molecule has 0 amide bonds. The van der Waals surface area contributed by atoms with E-state index in [1.54, 1.807) is 0 Å². The van der Waals surface area contributed by atoms with Gasteiger partial charge in [0.2, 0.25) is 0 Å². The Morgan fingerprint density at radius 1 is 1.38 bits per heavy atom. The van der Waals surface area contributed by atoms with Crippen LogP contribution in [0.5, 0.6) is 0 Å². The number of hydrogen-bond acceptors (Lipinski definition) is 2. The lowest BCUT2D eigenvalue weighted by Gasteiger charge is -2.29. The van der Waals surface area contributed by atoms with E-state index in [1.807, 2.05) is 11.9 Å². The molecule has 0 saturated carbocycles. The van der Waals surface area contributed by atoms with E-state index in [2.05, 4.69) is 13.8 Å².